The van der Waals surface area contributed by atoms with Crippen LogP contribution in [-0.4, -0.2) is 0 Å². The van der Waals surface area contributed by atoms with Crippen molar-refractivity contribution in [2.24, 2.45) is 76.9 Å². The van der Waals surface area contributed by atoms with Gasteiger partial charge in [0, 0.05) is 0 Å². The molecule has 0 heterocycles. The van der Waals surface area contributed by atoms with E-state index in [0.29, 0.717) is 0 Å². The zero-order chi connectivity index (χ0) is 23.9. The van der Waals surface area contributed by atoms with Crippen LogP contribution >= 0.6 is 0 Å². The van der Waals surface area contributed by atoms with E-state index in [1.165, 1.54) is 12.8 Å². The second-order valence-corrected chi connectivity index (χ2v) is 12.2. The molecule has 0 bridgehead atoms. The number of hydrogen-bond donors (Lipinski definition) is 0. The lowest BCUT2D eigenvalue weighted by Crippen LogP contribution is -2.36. The van der Waals surface area contributed by atoms with E-state index in [4.69, 9.17) is 0 Å². The molecule has 30 heavy (non-hydrogen) atoms. The van der Waals surface area contributed by atoms with E-state index in [1.807, 2.05) is 0 Å². The van der Waals surface area contributed by atoms with Crippen LogP contribution in [0.25, 0.3) is 0 Å². The topological polar surface area (TPSA) is 0 Å². The highest BCUT2D eigenvalue weighted by molar-refractivity contribution is 4.85. The van der Waals surface area contributed by atoms with Crippen molar-refractivity contribution in [2.75, 3.05) is 0 Å². The Morgan fingerprint density at radius 3 is 0.533 bits per heavy atom. The molecule has 0 aliphatic carbocycles. The Morgan fingerprint density at radius 2 is 0.400 bits per heavy atom. The molecule has 12 unspecified atom stereocenters. The fourth-order valence-electron chi connectivity index (χ4n) is 6.09. The molecule has 0 N–H and O–H groups in total. The standard InChI is InChI=1S/C30H62/c1-16-18(3)20(5)22(7)24(9)26(11)28(13)30(15)29(14)27(12)25(10)23(8)21(6)19(4)17-2/h18-30H,16-17H2,1-15H3. The first-order valence-corrected chi connectivity index (χ1v) is 13.7. The molecule has 0 fully saturated rings. The van der Waals surface area contributed by atoms with Crippen molar-refractivity contribution >= 4 is 0 Å². The Kier molecular flexibility index (Phi) is 13.5. The molecule has 0 aromatic carbocycles. The van der Waals surface area contributed by atoms with Crippen LogP contribution in [0.5, 0.6) is 0 Å². The Morgan fingerprint density at radius 1 is 0.267 bits per heavy atom. The van der Waals surface area contributed by atoms with E-state index in [1.54, 1.807) is 0 Å². The van der Waals surface area contributed by atoms with Crippen molar-refractivity contribution in [3.63, 3.8) is 0 Å². The minimum Gasteiger partial charge on any atom is -0.0651 e. The molecule has 0 heteroatoms. The van der Waals surface area contributed by atoms with E-state index < -0.39 is 0 Å². The van der Waals surface area contributed by atoms with Crippen LogP contribution in [0, 0.1) is 76.9 Å². The third kappa shape index (κ3) is 7.55. The highest BCUT2D eigenvalue weighted by Gasteiger charge is 2.36. The second kappa shape index (κ2) is 13.5. The molecule has 0 amide bonds. The Bertz CT molecular complexity index is 399. The summed E-state index contributed by atoms with van der Waals surface area (Å²) >= 11 is 0. The number of hydrogen-bond acceptors (Lipinski definition) is 0. The molecule has 0 nitrogen and oxygen atoms in total. The monoisotopic (exact) mass is 422 g/mol. The van der Waals surface area contributed by atoms with Crippen molar-refractivity contribution in [3.05, 3.63) is 0 Å². The molecule has 0 spiro atoms. The predicted molar refractivity (Wildman–Crippen MR) is 140 cm³/mol. The largest absolute Gasteiger partial charge is 0.0651 e. The lowest BCUT2D eigenvalue weighted by molar-refractivity contribution is 0.0637. The molecule has 0 saturated carbocycles. The summed E-state index contributed by atoms with van der Waals surface area (Å²) in [5.74, 6) is 10.3. The second-order valence-electron chi connectivity index (χ2n) is 12.2. The first kappa shape index (κ1) is 30.0. The van der Waals surface area contributed by atoms with Crippen LogP contribution in [0.15, 0.2) is 0 Å². The molecular formula is C30H62. The maximum Gasteiger partial charge on any atom is -0.0386 e. The molecule has 0 radical (unpaired) electrons. The van der Waals surface area contributed by atoms with Crippen LogP contribution in [0.1, 0.15) is 117 Å². The van der Waals surface area contributed by atoms with Gasteiger partial charge in [-0.1, -0.05) is 117 Å². The first-order valence-electron chi connectivity index (χ1n) is 13.7. The fourth-order valence-corrected chi connectivity index (χ4v) is 6.09. The van der Waals surface area contributed by atoms with Gasteiger partial charge in [0.1, 0.15) is 0 Å². The van der Waals surface area contributed by atoms with E-state index in [9.17, 15) is 0 Å². The summed E-state index contributed by atoms with van der Waals surface area (Å²) in [7, 11) is 0. The van der Waals surface area contributed by atoms with Crippen molar-refractivity contribution in [3.8, 4) is 0 Å². The maximum absolute atomic E-state index is 2.55. The summed E-state index contributed by atoms with van der Waals surface area (Å²) in [6.45, 7) is 37.4. The quantitative estimate of drug-likeness (QED) is 0.261. The van der Waals surface area contributed by atoms with Crippen molar-refractivity contribution in [2.45, 2.75) is 117 Å². The van der Waals surface area contributed by atoms with Crippen molar-refractivity contribution in [1.29, 1.82) is 0 Å². The highest BCUT2D eigenvalue weighted by Crippen LogP contribution is 2.42. The molecule has 0 rings (SSSR count). The summed E-state index contributed by atoms with van der Waals surface area (Å²) in [6, 6.07) is 0. The van der Waals surface area contributed by atoms with Gasteiger partial charge in [0.2, 0.25) is 0 Å². The summed E-state index contributed by atoms with van der Waals surface area (Å²) in [5, 5.41) is 0. The van der Waals surface area contributed by atoms with Gasteiger partial charge in [-0.2, -0.15) is 0 Å². The smallest absolute Gasteiger partial charge is 0.0386 e. The van der Waals surface area contributed by atoms with Gasteiger partial charge in [0.25, 0.3) is 0 Å². The minimum atomic E-state index is 0.775. The summed E-state index contributed by atoms with van der Waals surface area (Å²) < 4.78 is 0. The first-order chi connectivity index (χ1) is 13.7. The van der Waals surface area contributed by atoms with Gasteiger partial charge in [-0.25, -0.2) is 0 Å². The van der Waals surface area contributed by atoms with Gasteiger partial charge in [0.05, 0.1) is 0 Å². The fraction of sp³-hybridized carbons (Fsp3) is 1.00. The molecule has 12 atom stereocenters. The zero-order valence-electron chi connectivity index (χ0n) is 23.9. The van der Waals surface area contributed by atoms with Crippen LogP contribution < -0.4 is 0 Å². The summed E-state index contributed by atoms with van der Waals surface area (Å²) in [4.78, 5) is 0. The normalized spacial score (nSPS) is 25.7. The van der Waals surface area contributed by atoms with Gasteiger partial charge in [-0.05, 0) is 76.9 Å². The third-order valence-corrected chi connectivity index (χ3v) is 11.4. The zero-order valence-corrected chi connectivity index (χ0v) is 23.9. The van der Waals surface area contributed by atoms with E-state index in [-0.39, 0.29) is 0 Å². The SMILES string of the molecule is CCC(C)C(C)C(C)C(C)C(C)C(C)C(C)C(C)C(C)C(C)C(C)C(C)C(C)CC. The van der Waals surface area contributed by atoms with Gasteiger partial charge in [0.15, 0.2) is 0 Å². The number of rotatable bonds is 14. The lowest BCUT2D eigenvalue weighted by atomic mass is 9.63. The maximum atomic E-state index is 2.55. The van der Waals surface area contributed by atoms with Gasteiger partial charge in [-0.3, -0.25) is 0 Å². The van der Waals surface area contributed by atoms with Gasteiger partial charge in [-0.15, -0.1) is 0 Å². The predicted octanol–water partition coefficient (Wildman–Crippen LogP) is 10.1. The Hall–Kier alpha value is 0. The highest BCUT2D eigenvalue weighted by atomic mass is 14.4. The third-order valence-electron chi connectivity index (χ3n) is 11.4. The average molecular weight is 423 g/mol. The Balaban J connectivity index is 5.15. The van der Waals surface area contributed by atoms with Gasteiger partial charge >= 0.3 is 0 Å². The minimum absolute atomic E-state index is 0.775. The van der Waals surface area contributed by atoms with Crippen molar-refractivity contribution < 1.29 is 0 Å². The summed E-state index contributed by atoms with van der Waals surface area (Å²) in [5.41, 5.74) is 0. The van der Waals surface area contributed by atoms with Crippen molar-refractivity contribution in [1.82, 2.24) is 0 Å². The van der Waals surface area contributed by atoms with Crippen LogP contribution in [0.4, 0.5) is 0 Å². The lowest BCUT2D eigenvalue weighted by Gasteiger charge is -2.42. The molecule has 0 aromatic heterocycles. The molecule has 0 aliphatic rings. The van der Waals surface area contributed by atoms with E-state index in [2.05, 4.69) is 104 Å². The molecule has 182 valence electrons. The van der Waals surface area contributed by atoms with Crippen LogP contribution in [0.2, 0.25) is 0 Å². The van der Waals surface area contributed by atoms with Gasteiger partial charge < -0.3 is 0 Å². The molecule has 0 aliphatic heterocycles. The summed E-state index contributed by atoms with van der Waals surface area (Å²) in [6.07, 6.45) is 2.61. The van der Waals surface area contributed by atoms with Crippen LogP contribution in [0.3, 0.4) is 0 Å². The average Bonchev–Trinajstić information content (AvgIpc) is 2.76. The van der Waals surface area contributed by atoms with E-state index >= 15 is 0 Å². The van der Waals surface area contributed by atoms with Crippen LogP contribution in [-0.2, 0) is 0 Å². The Labute approximate surface area is 193 Å². The molecule has 0 aromatic rings. The van der Waals surface area contributed by atoms with E-state index in [0.717, 1.165) is 76.9 Å². The molecular weight excluding hydrogens is 360 g/mol. The molecule has 0 saturated heterocycles.